The van der Waals surface area contributed by atoms with E-state index in [1.165, 1.54) is 10.5 Å². The molecule has 0 bridgehead atoms. The molecule has 3 heterocycles. The summed E-state index contributed by atoms with van der Waals surface area (Å²) in [5.74, 6) is -0.526. The second-order valence-corrected chi connectivity index (χ2v) is 6.57. The largest absolute Gasteiger partial charge is 0.383 e. The van der Waals surface area contributed by atoms with Gasteiger partial charge in [0.2, 0.25) is 10.0 Å². The second kappa shape index (κ2) is 4.44. The molecule has 2 fully saturated rings. The van der Waals surface area contributed by atoms with Gasteiger partial charge < -0.3 is 15.2 Å². The highest BCUT2D eigenvalue weighted by atomic mass is 32.2. The first-order chi connectivity index (χ1) is 9.04. The molecule has 0 aliphatic carbocycles. The van der Waals surface area contributed by atoms with Crippen molar-refractivity contribution in [3.63, 3.8) is 0 Å². The molecule has 0 atom stereocenters. The van der Waals surface area contributed by atoms with Crippen molar-refractivity contribution in [2.75, 3.05) is 32.0 Å². The van der Waals surface area contributed by atoms with Gasteiger partial charge in [-0.2, -0.15) is 9.40 Å². The number of nitrogens with zero attached hydrogens (tertiary/aromatic N) is 2. The number of piperidine rings is 1. The summed E-state index contributed by atoms with van der Waals surface area (Å²) in [4.78, 5) is 0.0247. The fraction of sp³-hybridized carbons (Fsp3) is 0.700. The van der Waals surface area contributed by atoms with Gasteiger partial charge >= 0.3 is 0 Å². The molecule has 0 saturated carbocycles. The number of nitrogens with two attached hydrogens (primary N) is 1. The van der Waals surface area contributed by atoms with E-state index in [2.05, 4.69) is 10.2 Å². The maximum absolute atomic E-state index is 12.4. The Morgan fingerprint density at radius 2 is 1.95 bits per heavy atom. The number of hydrogen-bond donors (Lipinski definition) is 2. The zero-order valence-corrected chi connectivity index (χ0v) is 11.1. The lowest BCUT2D eigenvalue weighted by molar-refractivity contribution is -0.179. The van der Waals surface area contributed by atoms with Crippen LogP contribution in [-0.2, 0) is 19.5 Å². The average molecular weight is 288 g/mol. The third kappa shape index (κ3) is 2.12. The molecule has 19 heavy (non-hydrogen) atoms. The van der Waals surface area contributed by atoms with Gasteiger partial charge in [-0.25, -0.2) is 8.42 Å². The van der Waals surface area contributed by atoms with Crippen molar-refractivity contribution in [1.82, 2.24) is 14.5 Å². The summed E-state index contributed by atoms with van der Waals surface area (Å²) < 4.78 is 37.3. The van der Waals surface area contributed by atoms with Gasteiger partial charge in [0.05, 0.1) is 19.4 Å². The van der Waals surface area contributed by atoms with Gasteiger partial charge in [0.25, 0.3) is 0 Å². The van der Waals surface area contributed by atoms with E-state index in [1.54, 1.807) is 0 Å². The van der Waals surface area contributed by atoms with Crippen molar-refractivity contribution in [2.24, 2.45) is 0 Å². The minimum absolute atomic E-state index is 0.0247. The van der Waals surface area contributed by atoms with Crippen molar-refractivity contribution in [1.29, 1.82) is 0 Å². The number of hydrogen-bond acceptors (Lipinski definition) is 6. The quantitative estimate of drug-likeness (QED) is 0.760. The lowest BCUT2D eigenvalue weighted by Crippen LogP contribution is -2.47. The highest BCUT2D eigenvalue weighted by molar-refractivity contribution is 7.89. The molecule has 2 aliphatic heterocycles. The van der Waals surface area contributed by atoms with E-state index in [9.17, 15) is 8.42 Å². The second-order valence-electron chi connectivity index (χ2n) is 4.66. The molecule has 3 rings (SSSR count). The monoisotopic (exact) mass is 288 g/mol. The van der Waals surface area contributed by atoms with Crippen LogP contribution in [0.5, 0.6) is 0 Å². The molecule has 2 aliphatic rings. The number of ether oxygens (including phenoxy) is 2. The van der Waals surface area contributed by atoms with Gasteiger partial charge in [0.15, 0.2) is 5.79 Å². The molecule has 1 aromatic rings. The van der Waals surface area contributed by atoms with Gasteiger partial charge in [-0.1, -0.05) is 0 Å². The van der Waals surface area contributed by atoms with Crippen LogP contribution < -0.4 is 5.73 Å². The van der Waals surface area contributed by atoms with Crippen LogP contribution in [0.25, 0.3) is 0 Å². The SMILES string of the molecule is Nc1[nH]ncc1S(=O)(=O)N1CCC2(CC1)OCCO2. The van der Waals surface area contributed by atoms with Crippen LogP contribution in [0.4, 0.5) is 5.82 Å². The number of aromatic amines is 1. The predicted octanol–water partition coefficient (Wildman–Crippen LogP) is -0.480. The Bertz CT molecular complexity index is 554. The Morgan fingerprint density at radius 1 is 1.32 bits per heavy atom. The van der Waals surface area contributed by atoms with E-state index in [-0.39, 0.29) is 10.7 Å². The average Bonchev–Trinajstić information content (AvgIpc) is 3.00. The zero-order valence-electron chi connectivity index (χ0n) is 10.3. The summed E-state index contributed by atoms with van der Waals surface area (Å²) >= 11 is 0. The third-order valence-electron chi connectivity index (χ3n) is 3.55. The Labute approximate surface area is 110 Å². The van der Waals surface area contributed by atoms with Gasteiger partial charge in [-0.05, 0) is 0 Å². The molecule has 2 saturated heterocycles. The minimum Gasteiger partial charge on any atom is -0.383 e. The van der Waals surface area contributed by atoms with Gasteiger partial charge in [0.1, 0.15) is 10.7 Å². The molecule has 0 unspecified atom stereocenters. The van der Waals surface area contributed by atoms with Gasteiger partial charge in [-0.3, -0.25) is 5.10 Å². The predicted molar refractivity (Wildman–Crippen MR) is 65.6 cm³/mol. The van der Waals surface area contributed by atoms with Crippen LogP contribution in [0.3, 0.4) is 0 Å². The molecule has 1 aromatic heterocycles. The van der Waals surface area contributed by atoms with Crippen molar-refractivity contribution in [3.05, 3.63) is 6.20 Å². The highest BCUT2D eigenvalue weighted by Gasteiger charge is 2.43. The Hall–Kier alpha value is -1.16. The first-order valence-electron chi connectivity index (χ1n) is 6.10. The van der Waals surface area contributed by atoms with Crippen LogP contribution in [0.1, 0.15) is 12.8 Å². The first kappa shape index (κ1) is 12.9. The Morgan fingerprint density at radius 3 is 2.47 bits per heavy atom. The summed E-state index contributed by atoms with van der Waals surface area (Å²) in [6, 6.07) is 0. The number of rotatable bonds is 2. The van der Waals surface area contributed by atoms with E-state index in [4.69, 9.17) is 15.2 Å². The van der Waals surface area contributed by atoms with Crippen LogP contribution in [-0.4, -0.2) is 55.0 Å². The molecule has 0 amide bonds. The maximum Gasteiger partial charge on any atom is 0.248 e. The number of nitrogen functional groups attached to an aromatic ring is 1. The fourth-order valence-electron chi connectivity index (χ4n) is 2.48. The van der Waals surface area contributed by atoms with Crippen LogP contribution in [0.2, 0.25) is 0 Å². The first-order valence-corrected chi connectivity index (χ1v) is 7.54. The molecular weight excluding hydrogens is 272 g/mol. The minimum atomic E-state index is -3.59. The topological polar surface area (TPSA) is 111 Å². The molecular formula is C10H16N4O4S. The lowest BCUT2D eigenvalue weighted by atomic mass is 10.1. The number of nitrogens with one attached hydrogen (secondary N) is 1. The van der Waals surface area contributed by atoms with Crippen LogP contribution in [0.15, 0.2) is 11.1 Å². The van der Waals surface area contributed by atoms with E-state index < -0.39 is 15.8 Å². The van der Waals surface area contributed by atoms with E-state index in [0.717, 1.165) is 0 Å². The number of aromatic nitrogens is 2. The third-order valence-corrected chi connectivity index (χ3v) is 5.47. The van der Waals surface area contributed by atoms with Crippen molar-refractivity contribution in [2.45, 2.75) is 23.5 Å². The van der Waals surface area contributed by atoms with Crippen molar-refractivity contribution < 1.29 is 17.9 Å². The Kier molecular flexibility index (Phi) is 3.01. The van der Waals surface area contributed by atoms with Crippen LogP contribution >= 0.6 is 0 Å². The summed E-state index contributed by atoms with van der Waals surface area (Å²) in [5, 5.41) is 6.08. The van der Waals surface area contributed by atoms with Gasteiger partial charge in [0, 0.05) is 25.9 Å². The van der Waals surface area contributed by atoms with Crippen molar-refractivity contribution >= 4 is 15.8 Å². The summed E-state index contributed by atoms with van der Waals surface area (Å²) in [5.41, 5.74) is 5.58. The number of sulfonamides is 1. The summed E-state index contributed by atoms with van der Waals surface area (Å²) in [6.07, 6.45) is 2.30. The highest BCUT2D eigenvalue weighted by Crippen LogP contribution is 2.33. The fourth-order valence-corrected chi connectivity index (χ4v) is 3.93. The molecule has 9 heteroatoms. The molecule has 3 N–H and O–H groups in total. The smallest absolute Gasteiger partial charge is 0.248 e. The molecule has 106 valence electrons. The van der Waals surface area contributed by atoms with E-state index in [1.807, 2.05) is 0 Å². The molecule has 0 radical (unpaired) electrons. The van der Waals surface area contributed by atoms with Crippen LogP contribution in [0, 0.1) is 0 Å². The molecule has 0 aromatic carbocycles. The van der Waals surface area contributed by atoms with Gasteiger partial charge in [-0.15, -0.1) is 0 Å². The summed E-state index contributed by atoms with van der Waals surface area (Å²) in [7, 11) is -3.59. The maximum atomic E-state index is 12.4. The van der Waals surface area contributed by atoms with E-state index in [0.29, 0.717) is 39.1 Å². The zero-order chi connectivity index (χ0) is 13.5. The number of anilines is 1. The lowest BCUT2D eigenvalue weighted by Gasteiger charge is -2.36. The standard InChI is InChI=1S/C10H16N4O4S/c11-9-8(7-12-13-9)19(15,16)14-3-1-10(2-4-14)17-5-6-18-10/h7H,1-6H2,(H3,11,12,13). The molecule has 1 spiro atoms. The van der Waals surface area contributed by atoms with E-state index >= 15 is 0 Å². The summed E-state index contributed by atoms with van der Waals surface area (Å²) in [6.45, 7) is 1.85. The number of H-pyrrole nitrogens is 1. The normalized spacial score (nSPS) is 24.0. The van der Waals surface area contributed by atoms with Crippen molar-refractivity contribution in [3.8, 4) is 0 Å². The Balaban J connectivity index is 1.76. The molecule has 8 nitrogen and oxygen atoms in total.